The predicted molar refractivity (Wildman–Crippen MR) is 89.4 cm³/mol. The highest BCUT2D eigenvalue weighted by atomic mass is 16.5. The van der Waals surface area contributed by atoms with Gasteiger partial charge in [-0.25, -0.2) is 9.97 Å². The average Bonchev–Trinajstić information content (AvgIpc) is 2.59. The van der Waals surface area contributed by atoms with Crippen LogP contribution < -0.4 is 10.2 Å². The Kier molecular flexibility index (Phi) is 6.50. The van der Waals surface area contributed by atoms with E-state index in [9.17, 15) is 4.79 Å². The van der Waals surface area contributed by atoms with Gasteiger partial charge in [-0.3, -0.25) is 4.79 Å². The van der Waals surface area contributed by atoms with E-state index >= 15 is 0 Å². The number of nitrogens with zero attached hydrogens (tertiary/aromatic N) is 3. The second-order valence-electron chi connectivity index (χ2n) is 5.22. The van der Waals surface area contributed by atoms with E-state index in [1.807, 2.05) is 30.1 Å². The van der Waals surface area contributed by atoms with Gasteiger partial charge in [-0.05, 0) is 12.0 Å². The molecule has 2 aromatic rings. The van der Waals surface area contributed by atoms with Crippen LogP contribution in [-0.2, 0) is 11.3 Å². The molecule has 1 amide bonds. The number of carbonyl (C=O) groups excluding carboxylic acids is 1. The van der Waals surface area contributed by atoms with Crippen LogP contribution in [0.4, 0.5) is 5.95 Å². The highest BCUT2D eigenvalue weighted by molar-refractivity contribution is 5.93. The molecule has 6 nitrogen and oxygen atoms in total. The molecule has 0 saturated carbocycles. The maximum atomic E-state index is 11.9. The molecular formula is C17H22N4O2. The van der Waals surface area contributed by atoms with Crippen molar-refractivity contribution >= 4 is 11.9 Å². The third-order valence-corrected chi connectivity index (χ3v) is 3.32. The summed E-state index contributed by atoms with van der Waals surface area (Å²) in [7, 11) is 3.56. The van der Waals surface area contributed by atoms with Crippen molar-refractivity contribution < 1.29 is 9.53 Å². The topological polar surface area (TPSA) is 67.3 Å². The standard InChI is InChI=1S/C17H22N4O2/c1-21(13-14-7-4-3-5-8-14)17-19-11-15(12-20-17)16(22)18-9-6-10-23-2/h3-5,7-8,11-12H,6,9-10,13H2,1-2H3,(H,18,22). The first-order valence-corrected chi connectivity index (χ1v) is 7.55. The van der Waals surface area contributed by atoms with E-state index in [0.29, 0.717) is 31.2 Å². The van der Waals surface area contributed by atoms with Crippen LogP contribution in [0.2, 0.25) is 0 Å². The number of carbonyl (C=O) groups is 1. The number of benzene rings is 1. The van der Waals surface area contributed by atoms with Crippen molar-refractivity contribution in [3.63, 3.8) is 0 Å². The van der Waals surface area contributed by atoms with Gasteiger partial charge >= 0.3 is 0 Å². The van der Waals surface area contributed by atoms with E-state index in [0.717, 1.165) is 6.42 Å². The maximum Gasteiger partial charge on any atom is 0.254 e. The molecule has 2 rings (SSSR count). The number of amides is 1. The molecule has 1 aromatic carbocycles. The van der Waals surface area contributed by atoms with Crippen LogP contribution in [0.15, 0.2) is 42.7 Å². The Hall–Kier alpha value is -2.47. The van der Waals surface area contributed by atoms with Crippen LogP contribution in [0.25, 0.3) is 0 Å². The number of methoxy groups -OCH3 is 1. The van der Waals surface area contributed by atoms with Crippen molar-refractivity contribution in [2.24, 2.45) is 0 Å². The van der Waals surface area contributed by atoms with Crippen molar-refractivity contribution in [1.82, 2.24) is 15.3 Å². The fraction of sp³-hybridized carbons (Fsp3) is 0.353. The van der Waals surface area contributed by atoms with Gasteiger partial charge in [0.1, 0.15) is 0 Å². The molecule has 0 atom stereocenters. The molecule has 0 aliphatic heterocycles. The van der Waals surface area contributed by atoms with Gasteiger partial charge in [-0.2, -0.15) is 0 Å². The zero-order valence-electron chi connectivity index (χ0n) is 13.5. The quantitative estimate of drug-likeness (QED) is 0.754. The van der Waals surface area contributed by atoms with E-state index in [2.05, 4.69) is 27.4 Å². The normalized spacial score (nSPS) is 10.3. The van der Waals surface area contributed by atoms with Gasteiger partial charge in [0.05, 0.1) is 5.56 Å². The molecular weight excluding hydrogens is 292 g/mol. The third-order valence-electron chi connectivity index (χ3n) is 3.32. The molecule has 0 unspecified atom stereocenters. The Balaban J connectivity index is 1.89. The molecule has 0 fully saturated rings. The van der Waals surface area contributed by atoms with Crippen molar-refractivity contribution in [1.29, 1.82) is 0 Å². The van der Waals surface area contributed by atoms with Crippen LogP contribution in [-0.4, -0.2) is 43.2 Å². The monoisotopic (exact) mass is 314 g/mol. The molecule has 0 spiro atoms. The summed E-state index contributed by atoms with van der Waals surface area (Å²) in [5, 5.41) is 2.81. The van der Waals surface area contributed by atoms with Crippen LogP contribution in [0.5, 0.6) is 0 Å². The molecule has 0 radical (unpaired) electrons. The lowest BCUT2D eigenvalue weighted by Gasteiger charge is -2.17. The summed E-state index contributed by atoms with van der Waals surface area (Å²) in [6, 6.07) is 10.1. The van der Waals surface area contributed by atoms with E-state index in [-0.39, 0.29) is 5.91 Å². The Bertz CT molecular complexity index is 602. The Labute approximate surface area is 136 Å². The lowest BCUT2D eigenvalue weighted by Crippen LogP contribution is -2.26. The number of aromatic nitrogens is 2. The first kappa shape index (κ1) is 16.9. The second kappa shape index (κ2) is 8.85. The fourth-order valence-corrected chi connectivity index (χ4v) is 2.08. The zero-order chi connectivity index (χ0) is 16.5. The minimum absolute atomic E-state index is 0.168. The van der Waals surface area contributed by atoms with Gasteiger partial charge in [-0.15, -0.1) is 0 Å². The number of anilines is 1. The molecule has 0 saturated heterocycles. The van der Waals surface area contributed by atoms with Crippen LogP contribution >= 0.6 is 0 Å². The minimum Gasteiger partial charge on any atom is -0.385 e. The summed E-state index contributed by atoms with van der Waals surface area (Å²) >= 11 is 0. The molecule has 0 bridgehead atoms. The van der Waals surface area contributed by atoms with Crippen molar-refractivity contribution in [2.75, 3.05) is 32.2 Å². The van der Waals surface area contributed by atoms with Crippen LogP contribution in [0, 0.1) is 0 Å². The first-order valence-electron chi connectivity index (χ1n) is 7.55. The average molecular weight is 314 g/mol. The number of nitrogens with one attached hydrogen (secondary N) is 1. The SMILES string of the molecule is COCCCNC(=O)c1cnc(N(C)Cc2ccccc2)nc1. The predicted octanol–water partition coefficient (Wildman–Crippen LogP) is 1.88. The lowest BCUT2D eigenvalue weighted by molar-refractivity contribution is 0.0948. The second-order valence-corrected chi connectivity index (χ2v) is 5.22. The first-order chi connectivity index (χ1) is 11.2. The number of hydrogen-bond donors (Lipinski definition) is 1. The Morgan fingerprint density at radius 2 is 1.91 bits per heavy atom. The van der Waals surface area contributed by atoms with E-state index in [1.54, 1.807) is 19.5 Å². The Morgan fingerprint density at radius 3 is 2.57 bits per heavy atom. The summed E-state index contributed by atoms with van der Waals surface area (Å²) in [6.07, 6.45) is 3.88. The summed E-state index contributed by atoms with van der Waals surface area (Å²) < 4.78 is 4.94. The molecule has 122 valence electrons. The largest absolute Gasteiger partial charge is 0.385 e. The highest BCUT2D eigenvalue weighted by Gasteiger charge is 2.09. The van der Waals surface area contributed by atoms with Crippen molar-refractivity contribution in [2.45, 2.75) is 13.0 Å². The van der Waals surface area contributed by atoms with Crippen molar-refractivity contribution in [3.05, 3.63) is 53.9 Å². The van der Waals surface area contributed by atoms with Crippen molar-refractivity contribution in [3.8, 4) is 0 Å². The summed E-state index contributed by atoms with van der Waals surface area (Å²) in [5.41, 5.74) is 1.64. The van der Waals surface area contributed by atoms with Crippen LogP contribution in [0.3, 0.4) is 0 Å². The van der Waals surface area contributed by atoms with E-state index in [1.165, 1.54) is 5.56 Å². The summed E-state index contributed by atoms with van der Waals surface area (Å²) in [5.74, 6) is 0.420. The highest BCUT2D eigenvalue weighted by Crippen LogP contribution is 2.10. The summed E-state index contributed by atoms with van der Waals surface area (Å²) in [6.45, 7) is 1.91. The molecule has 6 heteroatoms. The van der Waals surface area contributed by atoms with Gasteiger partial charge in [0, 0.05) is 46.2 Å². The van der Waals surface area contributed by atoms with Gasteiger partial charge < -0.3 is 15.0 Å². The molecule has 1 aromatic heterocycles. The fourth-order valence-electron chi connectivity index (χ4n) is 2.08. The van der Waals surface area contributed by atoms with Crippen LogP contribution in [0.1, 0.15) is 22.3 Å². The molecule has 0 aliphatic carbocycles. The lowest BCUT2D eigenvalue weighted by atomic mass is 10.2. The summed E-state index contributed by atoms with van der Waals surface area (Å²) in [4.78, 5) is 22.4. The molecule has 1 N–H and O–H groups in total. The number of rotatable bonds is 8. The van der Waals surface area contributed by atoms with Gasteiger partial charge in [-0.1, -0.05) is 30.3 Å². The van der Waals surface area contributed by atoms with E-state index < -0.39 is 0 Å². The van der Waals surface area contributed by atoms with Gasteiger partial charge in [0.2, 0.25) is 5.95 Å². The van der Waals surface area contributed by atoms with Gasteiger partial charge in [0.15, 0.2) is 0 Å². The zero-order valence-corrected chi connectivity index (χ0v) is 13.5. The smallest absolute Gasteiger partial charge is 0.254 e. The maximum absolute atomic E-state index is 11.9. The van der Waals surface area contributed by atoms with E-state index in [4.69, 9.17) is 4.74 Å². The number of ether oxygens (including phenoxy) is 1. The van der Waals surface area contributed by atoms with Gasteiger partial charge in [0.25, 0.3) is 5.91 Å². The third kappa shape index (κ3) is 5.34. The minimum atomic E-state index is -0.168. The Morgan fingerprint density at radius 1 is 1.22 bits per heavy atom. The number of hydrogen-bond acceptors (Lipinski definition) is 5. The molecule has 1 heterocycles. The molecule has 23 heavy (non-hydrogen) atoms. The molecule has 0 aliphatic rings.